The number of hydrogen-bond donors (Lipinski definition) is 3. The van der Waals surface area contributed by atoms with Crippen LogP contribution in [0.5, 0.6) is 0 Å². The van der Waals surface area contributed by atoms with Crippen LogP contribution < -0.4 is 10.6 Å². The molecule has 1 aromatic rings. The van der Waals surface area contributed by atoms with E-state index in [1.165, 1.54) is 6.08 Å². The number of carbonyl (C=O) groups excluding carboxylic acids is 2. The molecule has 22 heavy (non-hydrogen) atoms. The molecule has 0 aliphatic rings. The summed E-state index contributed by atoms with van der Waals surface area (Å²) < 4.78 is 0. The SMILES string of the molecule is CC(NC(=O)/C=C/c1ccccc1)C(=O)NC(C)C(C)CO. The van der Waals surface area contributed by atoms with E-state index in [9.17, 15) is 9.59 Å². The highest BCUT2D eigenvalue weighted by Gasteiger charge is 2.19. The predicted octanol–water partition coefficient (Wildman–Crippen LogP) is 1.34. The smallest absolute Gasteiger partial charge is 0.244 e. The minimum atomic E-state index is -0.638. The Morgan fingerprint density at radius 1 is 1.14 bits per heavy atom. The van der Waals surface area contributed by atoms with Gasteiger partial charge in [0.2, 0.25) is 11.8 Å². The molecule has 5 heteroatoms. The maximum absolute atomic E-state index is 12.0. The summed E-state index contributed by atoms with van der Waals surface area (Å²) in [7, 11) is 0. The van der Waals surface area contributed by atoms with Crippen LogP contribution in [0.4, 0.5) is 0 Å². The van der Waals surface area contributed by atoms with Gasteiger partial charge in [-0.25, -0.2) is 0 Å². The van der Waals surface area contributed by atoms with Gasteiger partial charge in [0, 0.05) is 18.7 Å². The third-order valence-corrected chi connectivity index (χ3v) is 3.49. The van der Waals surface area contributed by atoms with Crippen LogP contribution >= 0.6 is 0 Å². The van der Waals surface area contributed by atoms with Crippen molar-refractivity contribution in [2.75, 3.05) is 6.61 Å². The quantitative estimate of drug-likeness (QED) is 0.665. The van der Waals surface area contributed by atoms with Gasteiger partial charge in [0.25, 0.3) is 0 Å². The zero-order valence-electron chi connectivity index (χ0n) is 13.2. The van der Waals surface area contributed by atoms with Gasteiger partial charge in [0.05, 0.1) is 0 Å². The Hall–Kier alpha value is -2.14. The van der Waals surface area contributed by atoms with Crippen LogP contribution in [0, 0.1) is 5.92 Å². The molecule has 0 saturated carbocycles. The van der Waals surface area contributed by atoms with Gasteiger partial charge in [0.1, 0.15) is 6.04 Å². The van der Waals surface area contributed by atoms with Crippen LogP contribution in [0.15, 0.2) is 36.4 Å². The molecule has 0 bridgehead atoms. The molecule has 5 nitrogen and oxygen atoms in total. The minimum absolute atomic E-state index is 0.00198. The largest absolute Gasteiger partial charge is 0.396 e. The first-order valence-corrected chi connectivity index (χ1v) is 7.39. The van der Waals surface area contributed by atoms with Crippen molar-refractivity contribution in [2.45, 2.75) is 32.9 Å². The van der Waals surface area contributed by atoms with Crippen molar-refractivity contribution < 1.29 is 14.7 Å². The Kier molecular flexibility index (Phi) is 7.32. The third kappa shape index (κ3) is 6.10. The Labute approximate surface area is 131 Å². The molecule has 3 atom stereocenters. The summed E-state index contributed by atoms with van der Waals surface area (Å²) in [6.07, 6.45) is 3.09. The molecule has 0 heterocycles. The fourth-order valence-electron chi connectivity index (χ4n) is 1.71. The zero-order chi connectivity index (χ0) is 16.5. The molecular weight excluding hydrogens is 280 g/mol. The normalized spacial score (nSPS) is 15.1. The Morgan fingerprint density at radius 2 is 1.77 bits per heavy atom. The molecular formula is C17H24N2O3. The number of aliphatic hydroxyl groups is 1. The standard InChI is InChI=1S/C17H24N2O3/c1-12(11-20)13(2)19-17(22)14(3)18-16(21)10-9-15-7-5-4-6-8-15/h4-10,12-14,20H,11H2,1-3H3,(H,18,21)(H,19,22)/b10-9+. The van der Waals surface area contributed by atoms with Gasteiger partial charge in [-0.05, 0) is 31.4 Å². The summed E-state index contributed by atoms with van der Waals surface area (Å²) in [5.41, 5.74) is 0.917. The first-order valence-electron chi connectivity index (χ1n) is 7.39. The molecule has 120 valence electrons. The second-order valence-corrected chi connectivity index (χ2v) is 5.43. The van der Waals surface area contributed by atoms with Gasteiger partial charge in [-0.3, -0.25) is 9.59 Å². The second-order valence-electron chi connectivity index (χ2n) is 5.43. The molecule has 3 N–H and O–H groups in total. The number of amides is 2. The average molecular weight is 304 g/mol. The summed E-state index contributed by atoms with van der Waals surface area (Å²) in [5.74, 6) is -0.631. The molecule has 0 aliphatic heterocycles. The van der Waals surface area contributed by atoms with E-state index in [2.05, 4.69) is 10.6 Å². The highest BCUT2D eigenvalue weighted by molar-refractivity contribution is 5.95. The van der Waals surface area contributed by atoms with Crippen LogP contribution in [-0.2, 0) is 9.59 Å². The molecule has 0 aliphatic carbocycles. The lowest BCUT2D eigenvalue weighted by molar-refractivity contribution is -0.127. The molecule has 0 spiro atoms. The Bertz CT molecular complexity index is 514. The van der Waals surface area contributed by atoms with Crippen molar-refractivity contribution in [3.63, 3.8) is 0 Å². The minimum Gasteiger partial charge on any atom is -0.396 e. The van der Waals surface area contributed by atoms with E-state index < -0.39 is 6.04 Å². The number of benzene rings is 1. The Morgan fingerprint density at radius 3 is 2.36 bits per heavy atom. The molecule has 1 aromatic carbocycles. The van der Waals surface area contributed by atoms with Gasteiger partial charge in [-0.2, -0.15) is 0 Å². The van der Waals surface area contributed by atoms with E-state index in [4.69, 9.17) is 5.11 Å². The fourth-order valence-corrected chi connectivity index (χ4v) is 1.71. The summed E-state index contributed by atoms with van der Waals surface area (Å²) >= 11 is 0. The number of aliphatic hydroxyl groups excluding tert-OH is 1. The zero-order valence-corrected chi connectivity index (χ0v) is 13.2. The summed E-state index contributed by atoms with van der Waals surface area (Å²) in [6, 6.07) is 8.65. The van der Waals surface area contributed by atoms with Crippen molar-refractivity contribution in [1.82, 2.24) is 10.6 Å². The monoisotopic (exact) mass is 304 g/mol. The van der Waals surface area contributed by atoms with Crippen molar-refractivity contribution in [2.24, 2.45) is 5.92 Å². The van der Waals surface area contributed by atoms with Crippen molar-refractivity contribution in [3.05, 3.63) is 42.0 Å². The van der Waals surface area contributed by atoms with Crippen LogP contribution in [0.25, 0.3) is 6.08 Å². The van der Waals surface area contributed by atoms with Crippen molar-refractivity contribution >= 4 is 17.9 Å². The average Bonchev–Trinajstić information content (AvgIpc) is 2.52. The van der Waals surface area contributed by atoms with Gasteiger partial charge in [-0.1, -0.05) is 37.3 Å². The van der Waals surface area contributed by atoms with Crippen molar-refractivity contribution in [3.8, 4) is 0 Å². The Balaban J connectivity index is 2.46. The lowest BCUT2D eigenvalue weighted by Gasteiger charge is -2.21. The summed E-state index contributed by atoms with van der Waals surface area (Å²) in [5, 5.41) is 14.4. The molecule has 3 unspecified atom stereocenters. The number of hydrogen-bond acceptors (Lipinski definition) is 3. The number of rotatable bonds is 7. The van der Waals surface area contributed by atoms with Gasteiger partial charge >= 0.3 is 0 Å². The lowest BCUT2D eigenvalue weighted by Crippen LogP contribution is -2.48. The van der Waals surface area contributed by atoms with Gasteiger partial charge in [0.15, 0.2) is 0 Å². The molecule has 0 fully saturated rings. The first kappa shape index (κ1) is 17.9. The van der Waals surface area contributed by atoms with Crippen LogP contribution in [0.1, 0.15) is 26.3 Å². The van der Waals surface area contributed by atoms with Crippen LogP contribution in [0.2, 0.25) is 0 Å². The van der Waals surface area contributed by atoms with Crippen LogP contribution in [-0.4, -0.2) is 35.6 Å². The lowest BCUT2D eigenvalue weighted by atomic mass is 10.0. The second kappa shape index (κ2) is 9.00. The van der Waals surface area contributed by atoms with E-state index in [1.54, 1.807) is 13.0 Å². The number of carbonyl (C=O) groups is 2. The maximum atomic E-state index is 12.0. The maximum Gasteiger partial charge on any atom is 0.244 e. The highest BCUT2D eigenvalue weighted by atomic mass is 16.3. The molecule has 2 amide bonds. The molecule has 0 aromatic heterocycles. The third-order valence-electron chi connectivity index (χ3n) is 3.49. The van der Waals surface area contributed by atoms with E-state index in [0.717, 1.165) is 5.56 Å². The molecule has 0 saturated heterocycles. The van der Waals surface area contributed by atoms with Crippen molar-refractivity contribution in [1.29, 1.82) is 0 Å². The highest BCUT2D eigenvalue weighted by Crippen LogP contribution is 2.02. The summed E-state index contributed by atoms with van der Waals surface area (Å²) in [6.45, 7) is 5.29. The topological polar surface area (TPSA) is 78.4 Å². The number of nitrogens with one attached hydrogen (secondary N) is 2. The molecule has 0 radical (unpaired) electrons. The van der Waals surface area contributed by atoms with E-state index in [1.807, 2.05) is 44.2 Å². The fraction of sp³-hybridized carbons (Fsp3) is 0.412. The summed E-state index contributed by atoms with van der Waals surface area (Å²) in [4.78, 5) is 23.7. The van der Waals surface area contributed by atoms with Crippen LogP contribution in [0.3, 0.4) is 0 Å². The van der Waals surface area contributed by atoms with Gasteiger partial charge in [-0.15, -0.1) is 0 Å². The van der Waals surface area contributed by atoms with E-state index >= 15 is 0 Å². The first-order chi connectivity index (χ1) is 10.4. The van der Waals surface area contributed by atoms with E-state index in [-0.39, 0.29) is 30.4 Å². The van der Waals surface area contributed by atoms with Gasteiger partial charge < -0.3 is 15.7 Å². The van der Waals surface area contributed by atoms with E-state index in [0.29, 0.717) is 0 Å². The molecule has 1 rings (SSSR count). The predicted molar refractivity (Wildman–Crippen MR) is 86.9 cm³/mol.